The molecule has 0 spiro atoms. The number of amides is 1. The summed E-state index contributed by atoms with van der Waals surface area (Å²) in [7, 11) is -4.46. The van der Waals surface area contributed by atoms with Gasteiger partial charge in [0.15, 0.2) is 0 Å². The van der Waals surface area contributed by atoms with E-state index in [4.69, 9.17) is 4.74 Å². The highest BCUT2D eigenvalue weighted by Gasteiger charge is 2.39. The Balaban J connectivity index is 1.83. The van der Waals surface area contributed by atoms with E-state index in [1.54, 1.807) is 26.8 Å². The van der Waals surface area contributed by atoms with Crippen molar-refractivity contribution in [2.24, 2.45) is 5.92 Å². The van der Waals surface area contributed by atoms with Crippen LogP contribution in [0, 0.1) is 12.8 Å². The SMILES string of the molecule is Cc1c(C(=O)NC2CCOCC2)cc(-c2ccc(S(=O)(=O)NC(C)(C)C)c(C(F)(F)F)c2)n1C(C)C1CCCCC1. The van der Waals surface area contributed by atoms with Gasteiger partial charge in [0.2, 0.25) is 10.0 Å². The van der Waals surface area contributed by atoms with Gasteiger partial charge >= 0.3 is 6.18 Å². The zero-order valence-corrected chi connectivity index (χ0v) is 25.3. The Labute approximate surface area is 241 Å². The van der Waals surface area contributed by atoms with Crippen LogP contribution < -0.4 is 10.0 Å². The third-order valence-electron chi connectivity index (χ3n) is 8.14. The van der Waals surface area contributed by atoms with Crippen molar-refractivity contribution < 1.29 is 31.1 Å². The van der Waals surface area contributed by atoms with Crippen molar-refractivity contribution >= 4 is 15.9 Å². The van der Waals surface area contributed by atoms with Gasteiger partial charge in [-0.2, -0.15) is 13.2 Å². The molecule has 1 aliphatic carbocycles. The molecule has 1 saturated carbocycles. The number of carbonyl (C=O) groups is 1. The van der Waals surface area contributed by atoms with Crippen molar-refractivity contribution in [2.75, 3.05) is 13.2 Å². The highest BCUT2D eigenvalue weighted by Crippen LogP contribution is 2.41. The summed E-state index contributed by atoms with van der Waals surface area (Å²) in [6.07, 6.45) is 1.83. The van der Waals surface area contributed by atoms with Crippen LogP contribution in [0.25, 0.3) is 11.3 Å². The number of hydrogen-bond acceptors (Lipinski definition) is 4. The lowest BCUT2D eigenvalue weighted by Crippen LogP contribution is -2.41. The van der Waals surface area contributed by atoms with Crippen LogP contribution in [0.2, 0.25) is 0 Å². The highest BCUT2D eigenvalue weighted by molar-refractivity contribution is 7.89. The number of hydrogen-bond donors (Lipinski definition) is 2. The van der Waals surface area contributed by atoms with E-state index < -0.39 is 32.2 Å². The largest absolute Gasteiger partial charge is 0.417 e. The van der Waals surface area contributed by atoms with Gasteiger partial charge in [0.1, 0.15) is 0 Å². The molecule has 4 rings (SSSR count). The van der Waals surface area contributed by atoms with Gasteiger partial charge in [-0.3, -0.25) is 4.79 Å². The van der Waals surface area contributed by atoms with Gasteiger partial charge in [-0.1, -0.05) is 25.3 Å². The fourth-order valence-electron chi connectivity index (χ4n) is 6.13. The topological polar surface area (TPSA) is 89.4 Å². The van der Waals surface area contributed by atoms with Crippen LogP contribution >= 0.6 is 0 Å². The van der Waals surface area contributed by atoms with Gasteiger partial charge in [0.05, 0.1) is 16.0 Å². The van der Waals surface area contributed by atoms with Crippen molar-refractivity contribution in [1.29, 1.82) is 0 Å². The van der Waals surface area contributed by atoms with E-state index in [1.165, 1.54) is 6.07 Å². The summed E-state index contributed by atoms with van der Waals surface area (Å²) in [5, 5.41) is 3.07. The van der Waals surface area contributed by atoms with Crippen molar-refractivity contribution in [3.63, 3.8) is 0 Å². The predicted molar refractivity (Wildman–Crippen MR) is 152 cm³/mol. The maximum absolute atomic E-state index is 14.4. The maximum atomic E-state index is 14.4. The zero-order valence-electron chi connectivity index (χ0n) is 24.5. The first-order chi connectivity index (χ1) is 19.1. The number of benzene rings is 1. The first-order valence-electron chi connectivity index (χ1n) is 14.4. The lowest BCUT2D eigenvalue weighted by atomic mass is 9.84. The summed E-state index contributed by atoms with van der Waals surface area (Å²) in [5.74, 6) is 0.0487. The normalized spacial score (nSPS) is 18.8. The molecule has 0 radical (unpaired) electrons. The second-order valence-electron chi connectivity index (χ2n) is 12.5. The molecular weight excluding hydrogens is 555 g/mol. The lowest BCUT2D eigenvalue weighted by Gasteiger charge is -2.31. The predicted octanol–water partition coefficient (Wildman–Crippen LogP) is 6.61. The first kappa shape index (κ1) is 31.6. The molecule has 7 nitrogen and oxygen atoms in total. The summed E-state index contributed by atoms with van der Waals surface area (Å²) in [6.45, 7) is 9.73. The van der Waals surface area contributed by atoms with Gasteiger partial charge in [-0.25, -0.2) is 13.1 Å². The standard InChI is InChI=1S/C30H42F3N3O4S/c1-19(21-9-7-6-8-10-21)36-20(2)24(28(37)34-23-13-15-40-16-14-23)18-26(36)22-11-12-27(25(17-22)30(31,32)33)41(38,39)35-29(3,4)5/h11-12,17-19,21,23,35H,6-10,13-16H2,1-5H3,(H,34,37). The van der Waals surface area contributed by atoms with Crippen LogP contribution in [-0.4, -0.2) is 43.7 Å². The summed E-state index contributed by atoms with van der Waals surface area (Å²) in [4.78, 5) is 12.6. The molecule has 1 amide bonds. The van der Waals surface area contributed by atoms with Crippen LogP contribution in [0.4, 0.5) is 13.2 Å². The Bertz CT molecular complexity index is 1350. The first-order valence-corrected chi connectivity index (χ1v) is 15.9. The quantitative estimate of drug-likeness (QED) is 0.376. The molecule has 2 heterocycles. The van der Waals surface area contributed by atoms with Crippen LogP contribution in [0.15, 0.2) is 29.2 Å². The molecule has 1 unspecified atom stereocenters. The van der Waals surface area contributed by atoms with Crippen LogP contribution in [0.1, 0.15) is 100 Å². The minimum atomic E-state index is -4.91. The zero-order chi connectivity index (χ0) is 30.2. The number of alkyl halides is 3. The van der Waals surface area contributed by atoms with Crippen molar-refractivity contribution in [3.8, 4) is 11.3 Å². The Hall–Kier alpha value is -2.37. The number of aromatic nitrogens is 1. The number of halogens is 3. The van der Waals surface area contributed by atoms with Crippen molar-refractivity contribution in [3.05, 3.63) is 41.1 Å². The Morgan fingerprint density at radius 1 is 1.02 bits per heavy atom. The highest BCUT2D eigenvalue weighted by atomic mass is 32.2. The van der Waals surface area contributed by atoms with E-state index in [9.17, 15) is 26.4 Å². The molecule has 2 aliphatic rings. The third kappa shape index (κ3) is 7.35. The van der Waals surface area contributed by atoms with E-state index in [0.29, 0.717) is 48.9 Å². The van der Waals surface area contributed by atoms with Crippen LogP contribution in [-0.2, 0) is 20.9 Å². The number of nitrogens with one attached hydrogen (secondary N) is 2. The summed E-state index contributed by atoms with van der Waals surface area (Å²) in [5.41, 5.74) is -0.431. The van der Waals surface area contributed by atoms with Gasteiger partial charge in [0, 0.05) is 42.2 Å². The Morgan fingerprint density at radius 3 is 2.24 bits per heavy atom. The van der Waals surface area contributed by atoms with Crippen molar-refractivity contribution in [2.45, 2.75) is 108 Å². The maximum Gasteiger partial charge on any atom is 0.417 e. The molecule has 1 aromatic heterocycles. The average molecular weight is 598 g/mol. The van der Waals surface area contributed by atoms with Crippen LogP contribution in [0.3, 0.4) is 0 Å². The molecule has 41 heavy (non-hydrogen) atoms. The molecule has 1 saturated heterocycles. The minimum Gasteiger partial charge on any atom is -0.381 e. The lowest BCUT2D eigenvalue weighted by molar-refractivity contribution is -0.139. The number of ether oxygens (including phenoxy) is 1. The molecular formula is C30H42F3N3O4S. The molecule has 1 aromatic carbocycles. The fourth-order valence-corrected chi connectivity index (χ4v) is 7.76. The third-order valence-corrected chi connectivity index (χ3v) is 9.96. The number of carbonyl (C=O) groups excluding carboxylic acids is 1. The second kappa shape index (κ2) is 12.1. The smallest absolute Gasteiger partial charge is 0.381 e. The van der Waals surface area contributed by atoms with Crippen molar-refractivity contribution in [1.82, 2.24) is 14.6 Å². The van der Waals surface area contributed by atoms with E-state index in [1.807, 2.05) is 11.5 Å². The monoisotopic (exact) mass is 597 g/mol. The van der Waals surface area contributed by atoms with E-state index in [2.05, 4.69) is 17.0 Å². The summed E-state index contributed by atoms with van der Waals surface area (Å²) >= 11 is 0. The van der Waals surface area contributed by atoms with Gasteiger partial charge < -0.3 is 14.6 Å². The molecule has 228 valence electrons. The van der Waals surface area contributed by atoms with Gasteiger partial charge in [-0.15, -0.1) is 0 Å². The number of sulfonamides is 1. The van der Waals surface area contributed by atoms with Gasteiger partial charge in [0.25, 0.3) is 5.91 Å². The minimum absolute atomic E-state index is 0.0325. The van der Waals surface area contributed by atoms with E-state index >= 15 is 0 Å². The van der Waals surface area contributed by atoms with E-state index in [-0.39, 0.29) is 23.6 Å². The second-order valence-corrected chi connectivity index (χ2v) is 14.1. The molecule has 11 heteroatoms. The molecule has 2 aromatic rings. The summed E-state index contributed by atoms with van der Waals surface area (Å²) in [6, 6.07) is 4.89. The molecule has 2 fully saturated rings. The number of nitrogens with zero attached hydrogens (tertiary/aromatic N) is 1. The van der Waals surface area contributed by atoms with E-state index in [0.717, 1.165) is 44.2 Å². The average Bonchev–Trinajstić information content (AvgIpc) is 3.24. The number of rotatable bonds is 7. The molecule has 1 aliphatic heterocycles. The molecule has 1 atom stereocenters. The molecule has 0 bridgehead atoms. The molecule has 2 N–H and O–H groups in total. The fraction of sp³-hybridized carbons (Fsp3) is 0.633. The Kier molecular flexibility index (Phi) is 9.31. The van der Waals surface area contributed by atoms with Gasteiger partial charge in [-0.05, 0) is 90.0 Å². The summed E-state index contributed by atoms with van der Waals surface area (Å²) < 4.78 is 78.8. The van der Waals surface area contributed by atoms with Crippen LogP contribution in [0.5, 0.6) is 0 Å². The Morgan fingerprint density at radius 2 is 1.66 bits per heavy atom.